The number of sulfone groups is 1. The summed E-state index contributed by atoms with van der Waals surface area (Å²) in [6.07, 6.45) is 3.38. The molecular formula is C18H17NO5S. The Kier molecular flexibility index (Phi) is 4.50. The summed E-state index contributed by atoms with van der Waals surface area (Å²) in [5.41, 5.74) is 1.73. The van der Waals surface area contributed by atoms with Gasteiger partial charge in [-0.3, -0.25) is 0 Å². The fourth-order valence-electron chi connectivity index (χ4n) is 2.33. The molecule has 0 saturated carbocycles. The van der Waals surface area contributed by atoms with Crippen LogP contribution in [0.3, 0.4) is 0 Å². The molecule has 1 heterocycles. The van der Waals surface area contributed by atoms with Gasteiger partial charge in [-0.15, -0.1) is 0 Å². The fourth-order valence-corrected chi connectivity index (χ4v) is 3.23. The number of aromatic hydroxyl groups is 1. The van der Waals surface area contributed by atoms with Gasteiger partial charge >= 0.3 is 0 Å². The van der Waals surface area contributed by atoms with Gasteiger partial charge in [-0.05, 0) is 42.0 Å². The number of rotatable bonds is 5. The first-order valence-corrected chi connectivity index (χ1v) is 9.26. The number of nitrogens with zero attached hydrogens (tertiary/aromatic N) is 1. The van der Waals surface area contributed by atoms with Crippen LogP contribution >= 0.6 is 0 Å². The molecule has 0 saturated heterocycles. The van der Waals surface area contributed by atoms with Crippen LogP contribution in [0.25, 0.3) is 23.3 Å². The highest BCUT2D eigenvalue weighted by atomic mass is 32.2. The van der Waals surface area contributed by atoms with Crippen molar-refractivity contribution in [3.63, 3.8) is 0 Å². The predicted molar refractivity (Wildman–Crippen MR) is 95.3 cm³/mol. The summed E-state index contributed by atoms with van der Waals surface area (Å²) in [5.74, 6) is 0.807. The van der Waals surface area contributed by atoms with Crippen LogP contribution in [0.15, 0.2) is 45.7 Å². The first kappa shape index (κ1) is 17.0. The number of phenols is 1. The maximum atomic E-state index is 11.9. The zero-order valence-corrected chi connectivity index (χ0v) is 14.6. The second-order valence-electron chi connectivity index (χ2n) is 5.35. The average Bonchev–Trinajstić information content (AvgIpc) is 3.02. The smallest absolute Gasteiger partial charge is 0.220 e. The Morgan fingerprint density at radius 2 is 2.00 bits per heavy atom. The van der Waals surface area contributed by atoms with E-state index in [1.807, 2.05) is 0 Å². The van der Waals surface area contributed by atoms with E-state index in [4.69, 9.17) is 9.15 Å². The van der Waals surface area contributed by atoms with Gasteiger partial charge in [0.2, 0.25) is 5.89 Å². The molecule has 0 amide bonds. The number of hydrogen-bond acceptors (Lipinski definition) is 6. The Morgan fingerprint density at radius 3 is 2.68 bits per heavy atom. The highest BCUT2D eigenvalue weighted by molar-refractivity contribution is 7.91. The Labute approximate surface area is 145 Å². The largest absolute Gasteiger partial charge is 0.504 e. The maximum absolute atomic E-state index is 11.9. The van der Waals surface area contributed by atoms with E-state index >= 15 is 0 Å². The van der Waals surface area contributed by atoms with E-state index < -0.39 is 9.84 Å². The van der Waals surface area contributed by atoms with Crippen molar-refractivity contribution in [3.8, 4) is 11.5 Å². The van der Waals surface area contributed by atoms with E-state index in [9.17, 15) is 13.5 Å². The SMILES string of the molecule is CCS(=O)(=O)c1ccc2oc(C=Cc3ccc(OC)c(O)c3)nc2c1. The van der Waals surface area contributed by atoms with E-state index in [2.05, 4.69) is 4.98 Å². The molecule has 0 bridgehead atoms. The number of methoxy groups -OCH3 is 1. The van der Waals surface area contributed by atoms with Crippen molar-refractivity contribution in [2.75, 3.05) is 12.9 Å². The molecule has 25 heavy (non-hydrogen) atoms. The maximum Gasteiger partial charge on any atom is 0.220 e. The van der Waals surface area contributed by atoms with Crippen LogP contribution in [0.2, 0.25) is 0 Å². The number of oxazole rings is 1. The molecule has 1 N–H and O–H groups in total. The zero-order valence-electron chi connectivity index (χ0n) is 13.8. The van der Waals surface area contributed by atoms with Crippen molar-refractivity contribution in [2.24, 2.45) is 0 Å². The Morgan fingerprint density at radius 1 is 1.20 bits per heavy atom. The van der Waals surface area contributed by atoms with Gasteiger partial charge in [-0.2, -0.15) is 0 Å². The molecule has 130 valence electrons. The van der Waals surface area contributed by atoms with Crippen molar-refractivity contribution < 1.29 is 22.7 Å². The summed E-state index contributed by atoms with van der Waals surface area (Å²) in [7, 11) is -1.80. The lowest BCUT2D eigenvalue weighted by molar-refractivity contribution is 0.373. The quantitative estimate of drug-likeness (QED) is 0.750. The Bertz CT molecular complexity index is 1050. The first-order chi connectivity index (χ1) is 11.9. The molecule has 0 atom stereocenters. The van der Waals surface area contributed by atoms with Gasteiger partial charge in [-0.25, -0.2) is 13.4 Å². The Hall–Kier alpha value is -2.80. The first-order valence-electron chi connectivity index (χ1n) is 7.61. The molecular weight excluding hydrogens is 342 g/mol. The van der Waals surface area contributed by atoms with E-state index in [-0.39, 0.29) is 16.4 Å². The van der Waals surface area contributed by atoms with Crippen LogP contribution in [-0.2, 0) is 9.84 Å². The molecule has 0 radical (unpaired) electrons. The monoisotopic (exact) mass is 359 g/mol. The average molecular weight is 359 g/mol. The van der Waals surface area contributed by atoms with Crippen LogP contribution in [-0.4, -0.2) is 31.4 Å². The van der Waals surface area contributed by atoms with Crippen LogP contribution in [0.1, 0.15) is 18.4 Å². The number of benzene rings is 2. The van der Waals surface area contributed by atoms with Gasteiger partial charge in [0, 0.05) is 6.08 Å². The molecule has 0 unspecified atom stereocenters. The third-order valence-corrected chi connectivity index (χ3v) is 5.47. The van der Waals surface area contributed by atoms with Gasteiger partial charge < -0.3 is 14.3 Å². The van der Waals surface area contributed by atoms with Crippen molar-refractivity contribution >= 4 is 33.1 Å². The number of phenolic OH excluding ortho intramolecular Hbond substituents is 1. The Balaban J connectivity index is 1.90. The minimum Gasteiger partial charge on any atom is -0.504 e. The van der Waals surface area contributed by atoms with Crippen molar-refractivity contribution in [1.82, 2.24) is 4.98 Å². The second-order valence-corrected chi connectivity index (χ2v) is 7.63. The van der Waals surface area contributed by atoms with Crippen molar-refractivity contribution in [1.29, 1.82) is 0 Å². The van der Waals surface area contributed by atoms with E-state index in [1.54, 1.807) is 43.3 Å². The van der Waals surface area contributed by atoms with Gasteiger partial charge in [0.25, 0.3) is 0 Å². The van der Waals surface area contributed by atoms with E-state index in [1.165, 1.54) is 19.2 Å². The van der Waals surface area contributed by atoms with Crippen molar-refractivity contribution in [2.45, 2.75) is 11.8 Å². The third kappa shape index (κ3) is 3.51. The van der Waals surface area contributed by atoms with Crippen LogP contribution in [0.5, 0.6) is 11.5 Å². The molecule has 7 heteroatoms. The summed E-state index contributed by atoms with van der Waals surface area (Å²) < 4.78 is 34.5. The molecule has 3 rings (SSSR count). The number of ether oxygens (including phenoxy) is 1. The zero-order chi connectivity index (χ0) is 18.0. The third-order valence-electron chi connectivity index (χ3n) is 3.74. The van der Waals surface area contributed by atoms with Gasteiger partial charge in [0.15, 0.2) is 26.9 Å². The van der Waals surface area contributed by atoms with Gasteiger partial charge in [0.05, 0.1) is 17.8 Å². The minimum atomic E-state index is -3.29. The standard InChI is InChI=1S/C18H17NO5S/c1-3-25(21,22)13-6-8-16-14(11-13)19-18(24-16)9-5-12-4-7-17(23-2)15(20)10-12/h4-11,20H,3H2,1-2H3. The van der Waals surface area contributed by atoms with Gasteiger partial charge in [0.1, 0.15) is 5.52 Å². The van der Waals surface area contributed by atoms with E-state index in [0.29, 0.717) is 22.7 Å². The normalized spacial score (nSPS) is 12.1. The lowest BCUT2D eigenvalue weighted by Crippen LogP contribution is -2.03. The van der Waals surface area contributed by atoms with Crippen LogP contribution < -0.4 is 4.74 Å². The molecule has 2 aromatic carbocycles. The lowest BCUT2D eigenvalue weighted by atomic mass is 10.2. The molecule has 1 aromatic heterocycles. The lowest BCUT2D eigenvalue weighted by Gasteiger charge is -2.02. The summed E-state index contributed by atoms with van der Waals surface area (Å²) >= 11 is 0. The highest BCUT2D eigenvalue weighted by Crippen LogP contribution is 2.27. The molecule has 0 aliphatic heterocycles. The fraction of sp³-hybridized carbons (Fsp3) is 0.167. The van der Waals surface area contributed by atoms with Gasteiger partial charge in [-0.1, -0.05) is 13.0 Å². The topological polar surface area (TPSA) is 89.6 Å². The molecule has 0 aliphatic carbocycles. The molecule has 0 spiro atoms. The summed E-state index contributed by atoms with van der Waals surface area (Å²) in [6.45, 7) is 1.60. The van der Waals surface area contributed by atoms with Crippen LogP contribution in [0, 0.1) is 0 Å². The summed E-state index contributed by atoms with van der Waals surface area (Å²) in [4.78, 5) is 4.52. The van der Waals surface area contributed by atoms with E-state index in [0.717, 1.165) is 5.56 Å². The highest BCUT2D eigenvalue weighted by Gasteiger charge is 2.14. The molecule has 6 nitrogen and oxygen atoms in total. The number of aromatic nitrogens is 1. The summed E-state index contributed by atoms with van der Waals surface area (Å²) in [5, 5.41) is 9.78. The molecule has 3 aromatic rings. The number of fused-ring (bicyclic) bond motifs is 1. The van der Waals surface area contributed by atoms with Crippen LogP contribution in [0.4, 0.5) is 0 Å². The predicted octanol–water partition coefficient (Wildman–Crippen LogP) is 3.51. The number of hydrogen-bond donors (Lipinski definition) is 1. The second kappa shape index (κ2) is 6.60. The summed E-state index contributed by atoms with van der Waals surface area (Å²) in [6, 6.07) is 9.62. The molecule has 0 fully saturated rings. The van der Waals surface area contributed by atoms with Crippen molar-refractivity contribution in [3.05, 3.63) is 47.9 Å². The molecule has 0 aliphatic rings. The minimum absolute atomic E-state index is 0.0318.